The van der Waals surface area contributed by atoms with Gasteiger partial charge in [0.05, 0.1) is 5.69 Å². The molecule has 2 heterocycles. The van der Waals surface area contributed by atoms with Gasteiger partial charge in [-0.3, -0.25) is 4.98 Å². The molecule has 1 aliphatic carbocycles. The molecule has 2 aromatic heterocycles. The Hall–Kier alpha value is -2.61. The second-order valence-electron chi connectivity index (χ2n) is 8.62. The Morgan fingerprint density at radius 2 is 1.79 bits per heavy atom. The van der Waals surface area contributed by atoms with Crippen LogP contribution in [0, 0.1) is 6.92 Å². The standard InChI is InChI=1S/C26H27NO/c1-16(2)19-8-9-23-20(13-19)10-11-27-25(23)24-15-21(18-6-4-5-7-18)14-22-12-17(3)28-26(22)24/h8-16,18H,4-7H2,1-3H3. The average Bonchev–Trinajstić information content (AvgIpc) is 3.35. The van der Waals surface area contributed by atoms with Crippen LogP contribution in [0.25, 0.3) is 33.0 Å². The smallest absolute Gasteiger partial charge is 0.143 e. The van der Waals surface area contributed by atoms with Crippen molar-refractivity contribution in [3.8, 4) is 11.3 Å². The second kappa shape index (κ2) is 6.77. The molecule has 1 aliphatic rings. The summed E-state index contributed by atoms with van der Waals surface area (Å²) >= 11 is 0. The molecule has 0 amide bonds. The van der Waals surface area contributed by atoms with E-state index in [2.05, 4.69) is 56.3 Å². The molecule has 0 aliphatic heterocycles. The summed E-state index contributed by atoms with van der Waals surface area (Å²) in [7, 11) is 0. The Bertz CT molecular complexity index is 1160. The summed E-state index contributed by atoms with van der Waals surface area (Å²) in [6.45, 7) is 6.51. The normalized spacial score (nSPS) is 15.3. The van der Waals surface area contributed by atoms with E-state index in [0.29, 0.717) is 11.8 Å². The highest BCUT2D eigenvalue weighted by atomic mass is 16.3. The van der Waals surface area contributed by atoms with E-state index in [1.165, 1.54) is 53.0 Å². The van der Waals surface area contributed by atoms with Crippen molar-refractivity contribution in [3.63, 3.8) is 0 Å². The van der Waals surface area contributed by atoms with Crippen LogP contribution in [-0.2, 0) is 0 Å². The van der Waals surface area contributed by atoms with Crippen molar-refractivity contribution in [1.82, 2.24) is 4.98 Å². The van der Waals surface area contributed by atoms with Gasteiger partial charge in [0.2, 0.25) is 0 Å². The molecule has 142 valence electrons. The zero-order valence-electron chi connectivity index (χ0n) is 17.0. The van der Waals surface area contributed by atoms with Crippen molar-refractivity contribution in [3.05, 3.63) is 65.5 Å². The monoisotopic (exact) mass is 369 g/mol. The molecule has 2 nitrogen and oxygen atoms in total. The molecule has 0 spiro atoms. The first-order chi connectivity index (χ1) is 13.6. The van der Waals surface area contributed by atoms with Gasteiger partial charge < -0.3 is 4.42 Å². The van der Waals surface area contributed by atoms with Gasteiger partial charge in [-0.15, -0.1) is 0 Å². The number of rotatable bonds is 3. The van der Waals surface area contributed by atoms with Gasteiger partial charge in [0.15, 0.2) is 0 Å². The third-order valence-electron chi connectivity index (χ3n) is 6.30. The molecule has 0 unspecified atom stereocenters. The third-order valence-corrected chi connectivity index (χ3v) is 6.30. The molecule has 1 saturated carbocycles. The zero-order valence-corrected chi connectivity index (χ0v) is 17.0. The van der Waals surface area contributed by atoms with Gasteiger partial charge in [0.25, 0.3) is 0 Å². The lowest BCUT2D eigenvalue weighted by Gasteiger charge is -2.14. The summed E-state index contributed by atoms with van der Waals surface area (Å²) in [5.41, 5.74) is 5.94. The van der Waals surface area contributed by atoms with E-state index in [0.717, 1.165) is 22.6 Å². The fraction of sp³-hybridized carbons (Fsp3) is 0.346. The average molecular weight is 370 g/mol. The van der Waals surface area contributed by atoms with Gasteiger partial charge in [-0.05, 0) is 72.4 Å². The Labute approximate surface area is 166 Å². The summed E-state index contributed by atoms with van der Waals surface area (Å²) in [6.07, 6.45) is 7.20. The van der Waals surface area contributed by atoms with Gasteiger partial charge in [-0.25, -0.2) is 0 Å². The number of furan rings is 1. The Kier molecular flexibility index (Phi) is 4.23. The van der Waals surface area contributed by atoms with Gasteiger partial charge >= 0.3 is 0 Å². The van der Waals surface area contributed by atoms with Crippen LogP contribution in [0.5, 0.6) is 0 Å². The molecule has 0 N–H and O–H groups in total. The lowest BCUT2D eigenvalue weighted by molar-refractivity contribution is 0.579. The van der Waals surface area contributed by atoms with Crippen LogP contribution in [0.1, 0.15) is 68.3 Å². The van der Waals surface area contributed by atoms with Crippen LogP contribution in [0.2, 0.25) is 0 Å². The second-order valence-corrected chi connectivity index (χ2v) is 8.62. The highest BCUT2D eigenvalue weighted by molar-refractivity contribution is 6.02. The van der Waals surface area contributed by atoms with Gasteiger partial charge in [0.1, 0.15) is 11.3 Å². The minimum atomic E-state index is 0.520. The molecular formula is C26H27NO. The summed E-state index contributed by atoms with van der Waals surface area (Å²) in [4.78, 5) is 4.82. The number of aryl methyl sites for hydroxylation is 1. The van der Waals surface area contributed by atoms with Crippen molar-refractivity contribution in [1.29, 1.82) is 0 Å². The molecule has 4 aromatic rings. The van der Waals surface area contributed by atoms with E-state index in [9.17, 15) is 0 Å². The quantitative estimate of drug-likeness (QED) is 0.369. The SMILES string of the molecule is Cc1cc2cc(C3CCCC3)cc(-c3nccc4cc(C(C)C)ccc34)c2o1. The number of aromatic nitrogens is 1. The molecule has 1 fully saturated rings. The van der Waals surface area contributed by atoms with Crippen molar-refractivity contribution >= 4 is 21.7 Å². The van der Waals surface area contributed by atoms with E-state index >= 15 is 0 Å². The molecule has 0 saturated heterocycles. The maximum absolute atomic E-state index is 6.14. The summed E-state index contributed by atoms with van der Waals surface area (Å²) in [6, 6.07) is 15.7. The topological polar surface area (TPSA) is 26.0 Å². The molecule has 0 atom stereocenters. The lowest BCUT2D eigenvalue weighted by atomic mass is 9.92. The van der Waals surface area contributed by atoms with Crippen molar-refractivity contribution < 1.29 is 4.42 Å². The largest absolute Gasteiger partial charge is 0.461 e. The minimum Gasteiger partial charge on any atom is -0.461 e. The number of fused-ring (bicyclic) bond motifs is 2. The number of benzene rings is 2. The summed E-state index contributed by atoms with van der Waals surface area (Å²) < 4.78 is 6.14. The maximum Gasteiger partial charge on any atom is 0.143 e. The first-order valence-corrected chi connectivity index (χ1v) is 10.5. The molecular weight excluding hydrogens is 342 g/mol. The van der Waals surface area contributed by atoms with Gasteiger partial charge in [0, 0.05) is 22.5 Å². The van der Waals surface area contributed by atoms with Crippen LogP contribution >= 0.6 is 0 Å². The lowest BCUT2D eigenvalue weighted by Crippen LogP contribution is -1.95. The maximum atomic E-state index is 6.14. The molecule has 0 bridgehead atoms. The molecule has 5 rings (SSSR count). The fourth-order valence-corrected chi connectivity index (χ4v) is 4.75. The number of pyridine rings is 1. The molecule has 28 heavy (non-hydrogen) atoms. The predicted octanol–water partition coefficient (Wildman–Crippen LogP) is 7.74. The zero-order chi connectivity index (χ0) is 19.3. The first kappa shape index (κ1) is 17.5. The van der Waals surface area contributed by atoms with Crippen molar-refractivity contribution in [2.24, 2.45) is 0 Å². The van der Waals surface area contributed by atoms with E-state index < -0.39 is 0 Å². The van der Waals surface area contributed by atoms with E-state index in [-0.39, 0.29) is 0 Å². The summed E-state index contributed by atoms with van der Waals surface area (Å²) in [5, 5.41) is 3.65. The molecule has 2 aromatic carbocycles. The number of hydrogen-bond acceptors (Lipinski definition) is 2. The van der Waals surface area contributed by atoms with Crippen LogP contribution in [-0.4, -0.2) is 4.98 Å². The predicted molar refractivity (Wildman–Crippen MR) is 117 cm³/mol. The third kappa shape index (κ3) is 2.92. The number of nitrogens with zero attached hydrogens (tertiary/aromatic N) is 1. The molecule has 0 radical (unpaired) electrons. The first-order valence-electron chi connectivity index (χ1n) is 10.5. The van der Waals surface area contributed by atoms with Crippen molar-refractivity contribution in [2.45, 2.75) is 58.3 Å². The van der Waals surface area contributed by atoms with E-state index in [1.807, 2.05) is 13.1 Å². The van der Waals surface area contributed by atoms with Crippen molar-refractivity contribution in [2.75, 3.05) is 0 Å². The Morgan fingerprint density at radius 3 is 2.57 bits per heavy atom. The van der Waals surface area contributed by atoms with E-state index in [4.69, 9.17) is 9.40 Å². The highest BCUT2D eigenvalue weighted by Crippen LogP contribution is 2.41. The van der Waals surface area contributed by atoms with Gasteiger partial charge in [-0.2, -0.15) is 0 Å². The summed E-state index contributed by atoms with van der Waals surface area (Å²) in [5.74, 6) is 2.15. The fourth-order valence-electron chi connectivity index (χ4n) is 4.75. The minimum absolute atomic E-state index is 0.520. The Balaban J connectivity index is 1.76. The Morgan fingerprint density at radius 1 is 0.964 bits per heavy atom. The van der Waals surface area contributed by atoms with E-state index in [1.54, 1.807) is 0 Å². The highest BCUT2D eigenvalue weighted by Gasteiger charge is 2.21. The van der Waals surface area contributed by atoms with Crippen LogP contribution < -0.4 is 0 Å². The molecule has 2 heteroatoms. The van der Waals surface area contributed by atoms with Crippen LogP contribution in [0.3, 0.4) is 0 Å². The van der Waals surface area contributed by atoms with Crippen LogP contribution in [0.4, 0.5) is 0 Å². The van der Waals surface area contributed by atoms with Crippen LogP contribution in [0.15, 0.2) is 53.1 Å². The number of hydrogen-bond donors (Lipinski definition) is 0. The van der Waals surface area contributed by atoms with Gasteiger partial charge in [-0.1, -0.05) is 44.9 Å².